The summed E-state index contributed by atoms with van der Waals surface area (Å²) in [5, 5.41) is 32.9. The second kappa shape index (κ2) is 12.5. The molecule has 0 aromatic carbocycles. The van der Waals surface area contributed by atoms with Gasteiger partial charge >= 0.3 is 11.9 Å². The summed E-state index contributed by atoms with van der Waals surface area (Å²) in [6.45, 7) is 1.38. The molecule has 1 rings (SSSR count). The zero-order valence-corrected chi connectivity index (χ0v) is 18.3. The molecule has 1 saturated heterocycles. The van der Waals surface area contributed by atoms with Crippen LogP contribution in [-0.4, -0.2) is 98.7 Å². The average Bonchev–Trinajstić information content (AvgIpc) is 3.18. The molecule has 1 heterocycles. The van der Waals surface area contributed by atoms with Gasteiger partial charge in [-0.15, -0.1) is 0 Å². The summed E-state index contributed by atoms with van der Waals surface area (Å²) in [6, 6.07) is -5.07. The molecule has 0 aromatic heterocycles. The van der Waals surface area contributed by atoms with E-state index < -0.39 is 66.4 Å². The number of hydrogen-bond donors (Lipinski definition) is 6. The van der Waals surface area contributed by atoms with Gasteiger partial charge in [-0.1, -0.05) is 0 Å². The van der Waals surface area contributed by atoms with E-state index in [0.29, 0.717) is 18.6 Å². The highest BCUT2D eigenvalue weighted by Crippen LogP contribution is 2.19. The van der Waals surface area contributed by atoms with Crippen LogP contribution in [0.4, 0.5) is 0 Å². The number of carboxylic acids is 2. The first-order valence-corrected chi connectivity index (χ1v) is 11.2. The van der Waals surface area contributed by atoms with Crippen molar-refractivity contribution in [2.24, 2.45) is 5.73 Å². The van der Waals surface area contributed by atoms with Crippen LogP contribution in [-0.2, 0) is 24.0 Å². The highest BCUT2D eigenvalue weighted by Gasteiger charge is 2.40. The van der Waals surface area contributed by atoms with Gasteiger partial charge in [-0.05, 0) is 38.2 Å². The number of hydrogen-bond acceptors (Lipinski definition) is 8. The molecule has 176 valence electrons. The molecule has 31 heavy (non-hydrogen) atoms. The topological polar surface area (TPSA) is 199 Å². The van der Waals surface area contributed by atoms with Crippen molar-refractivity contribution in [2.45, 2.75) is 62.9 Å². The first-order valence-electron chi connectivity index (χ1n) is 9.78. The molecular weight excluding hydrogens is 432 g/mol. The van der Waals surface area contributed by atoms with E-state index in [9.17, 15) is 34.2 Å². The van der Waals surface area contributed by atoms with Crippen molar-refractivity contribution in [3.8, 4) is 0 Å². The molecule has 3 amide bonds. The Morgan fingerprint density at radius 2 is 1.81 bits per heavy atom. The number of rotatable bonds is 12. The second-order valence-corrected chi connectivity index (χ2v) is 8.29. The zero-order valence-electron chi connectivity index (χ0n) is 17.4. The lowest BCUT2D eigenvalue weighted by Gasteiger charge is -2.30. The fraction of sp³-hybridized carbons (Fsp3) is 0.722. The molecular formula is C18H30N4O8S. The molecule has 1 aliphatic rings. The predicted octanol–water partition coefficient (Wildman–Crippen LogP) is -2.03. The van der Waals surface area contributed by atoms with E-state index in [2.05, 4.69) is 10.6 Å². The van der Waals surface area contributed by atoms with Gasteiger partial charge in [-0.2, -0.15) is 11.8 Å². The molecule has 1 aliphatic heterocycles. The molecule has 5 unspecified atom stereocenters. The lowest BCUT2D eigenvalue weighted by molar-refractivity contribution is -0.151. The van der Waals surface area contributed by atoms with E-state index >= 15 is 0 Å². The van der Waals surface area contributed by atoms with Gasteiger partial charge in [0.05, 0.1) is 18.6 Å². The number of carboxylic acid groups (broad SMARTS) is 2. The third kappa shape index (κ3) is 7.99. The first-order chi connectivity index (χ1) is 14.5. The number of aliphatic carboxylic acids is 2. The molecule has 5 atom stereocenters. The van der Waals surface area contributed by atoms with Gasteiger partial charge in [0.25, 0.3) is 0 Å². The Morgan fingerprint density at radius 3 is 2.32 bits per heavy atom. The van der Waals surface area contributed by atoms with E-state index in [1.165, 1.54) is 18.7 Å². The van der Waals surface area contributed by atoms with Crippen LogP contribution in [0.5, 0.6) is 0 Å². The molecule has 0 aromatic rings. The fourth-order valence-corrected chi connectivity index (χ4v) is 3.64. The van der Waals surface area contributed by atoms with Gasteiger partial charge in [0.15, 0.2) is 0 Å². The summed E-state index contributed by atoms with van der Waals surface area (Å²) < 4.78 is 0. The summed E-state index contributed by atoms with van der Waals surface area (Å²) in [6.07, 6.45) is 0.677. The summed E-state index contributed by atoms with van der Waals surface area (Å²) in [5.41, 5.74) is 5.75. The molecule has 1 fully saturated rings. The molecule has 0 aliphatic carbocycles. The zero-order chi connectivity index (χ0) is 23.7. The number of likely N-dealkylation sites (tertiary alicyclic amines) is 1. The monoisotopic (exact) mass is 462 g/mol. The molecule has 0 bridgehead atoms. The SMILES string of the molecule is CSCCC(N)C(=O)NC(CC(=O)O)C(=O)NC(C(=O)N1CCCC1C(=O)O)C(C)O. The Labute approximate surface area is 183 Å². The van der Waals surface area contributed by atoms with Crippen molar-refractivity contribution >= 4 is 41.4 Å². The van der Waals surface area contributed by atoms with Crippen molar-refractivity contribution in [2.75, 3.05) is 18.6 Å². The maximum atomic E-state index is 12.8. The van der Waals surface area contributed by atoms with Crippen LogP contribution >= 0.6 is 11.8 Å². The number of aliphatic hydroxyl groups is 1. The van der Waals surface area contributed by atoms with Crippen LogP contribution in [0.3, 0.4) is 0 Å². The van der Waals surface area contributed by atoms with Gasteiger partial charge < -0.3 is 36.6 Å². The van der Waals surface area contributed by atoms with Gasteiger partial charge in [0, 0.05) is 6.54 Å². The quantitative estimate of drug-likeness (QED) is 0.188. The van der Waals surface area contributed by atoms with Crippen molar-refractivity contribution < 1.29 is 39.3 Å². The van der Waals surface area contributed by atoms with Gasteiger partial charge in [-0.25, -0.2) is 4.79 Å². The number of carbonyl (C=O) groups is 5. The first kappa shape index (κ1) is 26.7. The third-order valence-corrected chi connectivity index (χ3v) is 5.49. The largest absolute Gasteiger partial charge is 0.481 e. The van der Waals surface area contributed by atoms with Crippen molar-refractivity contribution in [1.82, 2.24) is 15.5 Å². The van der Waals surface area contributed by atoms with Crippen LogP contribution in [0.25, 0.3) is 0 Å². The maximum absolute atomic E-state index is 12.8. The average molecular weight is 463 g/mol. The number of thioether (sulfide) groups is 1. The summed E-state index contributed by atoms with van der Waals surface area (Å²) >= 11 is 1.47. The van der Waals surface area contributed by atoms with Gasteiger partial charge in [0.1, 0.15) is 18.1 Å². The number of amides is 3. The Balaban J connectivity index is 2.93. The van der Waals surface area contributed by atoms with E-state index in [4.69, 9.17) is 10.8 Å². The van der Waals surface area contributed by atoms with Gasteiger partial charge in [-0.3, -0.25) is 19.2 Å². The molecule has 12 nitrogen and oxygen atoms in total. The third-order valence-electron chi connectivity index (χ3n) is 4.85. The highest BCUT2D eigenvalue weighted by atomic mass is 32.2. The normalized spacial score (nSPS) is 19.7. The Morgan fingerprint density at radius 1 is 1.16 bits per heavy atom. The van der Waals surface area contributed by atoms with Gasteiger partial charge in [0.2, 0.25) is 17.7 Å². The highest BCUT2D eigenvalue weighted by molar-refractivity contribution is 7.98. The number of aliphatic hydroxyl groups excluding tert-OH is 1. The van der Waals surface area contributed by atoms with E-state index in [0.717, 1.165) is 4.90 Å². The smallest absolute Gasteiger partial charge is 0.326 e. The molecule has 0 saturated carbocycles. The minimum absolute atomic E-state index is 0.147. The minimum Gasteiger partial charge on any atom is -0.481 e. The molecule has 0 radical (unpaired) electrons. The Kier molecular flexibility index (Phi) is 10.7. The number of carbonyl (C=O) groups excluding carboxylic acids is 3. The summed E-state index contributed by atoms with van der Waals surface area (Å²) in [4.78, 5) is 61.3. The van der Waals surface area contributed by atoms with Crippen LogP contribution < -0.4 is 16.4 Å². The van der Waals surface area contributed by atoms with E-state index in [-0.39, 0.29) is 13.0 Å². The Bertz CT molecular complexity index is 689. The molecule has 7 N–H and O–H groups in total. The number of nitrogens with two attached hydrogens (primary N) is 1. The number of nitrogens with zero attached hydrogens (tertiary/aromatic N) is 1. The summed E-state index contributed by atoms with van der Waals surface area (Å²) in [7, 11) is 0. The fourth-order valence-electron chi connectivity index (χ4n) is 3.15. The predicted molar refractivity (Wildman–Crippen MR) is 111 cm³/mol. The molecule has 13 heteroatoms. The van der Waals surface area contributed by atoms with Crippen molar-refractivity contribution in [3.05, 3.63) is 0 Å². The minimum atomic E-state index is -1.53. The van der Waals surface area contributed by atoms with E-state index in [1.54, 1.807) is 0 Å². The van der Waals surface area contributed by atoms with Crippen LogP contribution in [0.15, 0.2) is 0 Å². The summed E-state index contributed by atoms with van der Waals surface area (Å²) in [5.74, 6) is -4.51. The molecule has 0 spiro atoms. The number of nitrogens with one attached hydrogen (secondary N) is 2. The lowest BCUT2D eigenvalue weighted by Crippen LogP contribution is -2.60. The Hall–Kier alpha value is -2.38. The van der Waals surface area contributed by atoms with Crippen LogP contribution in [0.2, 0.25) is 0 Å². The standard InChI is InChI=1S/C18H30N4O8S/c1-9(23)14(17(28)22-6-3-4-12(22)18(29)30)21-16(27)11(8-13(24)25)20-15(26)10(19)5-7-31-2/h9-12,14,23H,3-8,19H2,1-2H3,(H,20,26)(H,21,27)(H,24,25)(H,29,30). The maximum Gasteiger partial charge on any atom is 0.326 e. The van der Waals surface area contributed by atoms with Crippen LogP contribution in [0, 0.1) is 0 Å². The van der Waals surface area contributed by atoms with Crippen molar-refractivity contribution in [1.29, 1.82) is 0 Å². The van der Waals surface area contributed by atoms with E-state index in [1.807, 2.05) is 6.26 Å². The second-order valence-electron chi connectivity index (χ2n) is 7.30. The lowest BCUT2D eigenvalue weighted by atomic mass is 10.1. The van der Waals surface area contributed by atoms with Crippen molar-refractivity contribution in [3.63, 3.8) is 0 Å². The van der Waals surface area contributed by atoms with Crippen LogP contribution in [0.1, 0.15) is 32.6 Å².